The number of hydrogen-bond donors (Lipinski definition) is 2. The van der Waals surface area contributed by atoms with Crippen molar-refractivity contribution in [3.63, 3.8) is 0 Å². The first-order valence-corrected chi connectivity index (χ1v) is 8.26. The number of nitrogens with one attached hydrogen (secondary N) is 2. The first kappa shape index (κ1) is 17.3. The quantitative estimate of drug-likeness (QED) is 0.760. The second-order valence-electron chi connectivity index (χ2n) is 4.93. The summed E-state index contributed by atoms with van der Waals surface area (Å²) < 4.78 is 0. The van der Waals surface area contributed by atoms with E-state index in [2.05, 4.69) is 35.1 Å². The molecule has 0 aromatic heterocycles. The van der Waals surface area contributed by atoms with Gasteiger partial charge in [0.25, 0.3) is 0 Å². The highest BCUT2D eigenvalue weighted by Gasteiger charge is 2.10. The summed E-state index contributed by atoms with van der Waals surface area (Å²) in [6.07, 6.45) is 4.86. The van der Waals surface area contributed by atoms with Crippen molar-refractivity contribution in [1.82, 2.24) is 10.6 Å². The van der Waals surface area contributed by atoms with Gasteiger partial charge in [0.05, 0.1) is 0 Å². The van der Waals surface area contributed by atoms with Crippen LogP contribution in [0.15, 0.2) is 18.2 Å². The fourth-order valence-electron chi connectivity index (χ4n) is 2.28. The molecule has 112 valence electrons. The lowest BCUT2D eigenvalue weighted by atomic mass is 10.1. The van der Waals surface area contributed by atoms with Gasteiger partial charge in [0, 0.05) is 26.1 Å². The molecule has 0 aliphatic carbocycles. The molecule has 0 radical (unpaired) electrons. The van der Waals surface area contributed by atoms with Gasteiger partial charge in [-0.3, -0.25) is 4.79 Å². The molecule has 0 atom stereocenters. The van der Waals surface area contributed by atoms with Crippen LogP contribution in [0, 0.1) is 0 Å². The van der Waals surface area contributed by atoms with Gasteiger partial charge in [0.1, 0.15) is 0 Å². The number of benzene rings is 1. The molecule has 1 heterocycles. The number of carbonyl (C=O) groups excluding carboxylic acids is 1. The van der Waals surface area contributed by atoms with E-state index in [9.17, 15) is 4.79 Å². The number of carbonyl (C=O) groups is 1. The van der Waals surface area contributed by atoms with Crippen LogP contribution < -0.4 is 10.6 Å². The lowest BCUT2D eigenvalue weighted by molar-refractivity contribution is -0.121. The van der Waals surface area contributed by atoms with Crippen LogP contribution in [0.4, 0.5) is 0 Å². The number of amides is 1. The SMILES string of the molecule is CSCCCCC(=O)NCc1ccc2c(c1)CNC2.Cl. The Kier molecular flexibility index (Phi) is 8.04. The number of fused-ring (bicyclic) bond motifs is 1. The van der Waals surface area contributed by atoms with Crippen molar-refractivity contribution in [2.45, 2.75) is 38.9 Å². The van der Waals surface area contributed by atoms with Gasteiger partial charge in [-0.25, -0.2) is 0 Å². The molecular weight excluding hydrogens is 292 g/mol. The fourth-order valence-corrected chi connectivity index (χ4v) is 2.77. The van der Waals surface area contributed by atoms with E-state index in [1.54, 1.807) is 0 Å². The highest BCUT2D eigenvalue weighted by atomic mass is 35.5. The number of rotatable bonds is 7. The maximum atomic E-state index is 11.7. The summed E-state index contributed by atoms with van der Waals surface area (Å²) in [5.41, 5.74) is 3.94. The third kappa shape index (κ3) is 5.35. The minimum Gasteiger partial charge on any atom is -0.352 e. The molecule has 0 fully saturated rings. The van der Waals surface area contributed by atoms with E-state index in [1.807, 2.05) is 11.8 Å². The van der Waals surface area contributed by atoms with Crippen molar-refractivity contribution in [3.8, 4) is 0 Å². The molecule has 1 aliphatic rings. The van der Waals surface area contributed by atoms with E-state index < -0.39 is 0 Å². The number of hydrogen-bond acceptors (Lipinski definition) is 3. The first-order chi connectivity index (χ1) is 9.29. The van der Waals surface area contributed by atoms with Crippen LogP contribution in [0.5, 0.6) is 0 Å². The van der Waals surface area contributed by atoms with E-state index in [0.717, 1.165) is 31.7 Å². The molecule has 0 saturated carbocycles. The Bertz CT molecular complexity index is 440. The van der Waals surface area contributed by atoms with E-state index in [4.69, 9.17) is 0 Å². The summed E-state index contributed by atoms with van der Waals surface area (Å²) in [6, 6.07) is 6.47. The average Bonchev–Trinajstić information content (AvgIpc) is 2.89. The maximum absolute atomic E-state index is 11.7. The van der Waals surface area contributed by atoms with E-state index >= 15 is 0 Å². The zero-order chi connectivity index (χ0) is 13.5. The summed E-state index contributed by atoms with van der Waals surface area (Å²) in [5, 5.41) is 6.33. The van der Waals surface area contributed by atoms with Gasteiger partial charge in [0.15, 0.2) is 0 Å². The second kappa shape index (κ2) is 9.27. The van der Waals surface area contributed by atoms with Gasteiger partial charge in [0.2, 0.25) is 5.91 Å². The minimum atomic E-state index is 0. The molecule has 20 heavy (non-hydrogen) atoms. The maximum Gasteiger partial charge on any atom is 0.220 e. The van der Waals surface area contributed by atoms with Crippen LogP contribution in [0.2, 0.25) is 0 Å². The van der Waals surface area contributed by atoms with Crippen LogP contribution in [-0.2, 0) is 24.4 Å². The summed E-state index contributed by atoms with van der Waals surface area (Å²) >= 11 is 1.84. The summed E-state index contributed by atoms with van der Waals surface area (Å²) in [7, 11) is 0. The average molecular weight is 315 g/mol. The standard InChI is InChI=1S/C15H22N2OS.ClH/c1-19-7-3-2-4-15(18)17-9-12-5-6-13-10-16-11-14(13)8-12;/h5-6,8,16H,2-4,7,9-11H2,1H3,(H,17,18);1H. The molecule has 0 spiro atoms. The zero-order valence-electron chi connectivity index (χ0n) is 11.9. The lowest BCUT2D eigenvalue weighted by Gasteiger charge is -2.07. The largest absolute Gasteiger partial charge is 0.352 e. The van der Waals surface area contributed by atoms with Crippen molar-refractivity contribution in [3.05, 3.63) is 34.9 Å². The first-order valence-electron chi connectivity index (χ1n) is 6.86. The minimum absolute atomic E-state index is 0. The molecule has 2 N–H and O–H groups in total. The molecule has 0 unspecified atom stereocenters. The summed E-state index contributed by atoms with van der Waals surface area (Å²) in [4.78, 5) is 11.7. The Morgan fingerprint density at radius 1 is 1.30 bits per heavy atom. The van der Waals surface area contributed by atoms with Crippen LogP contribution >= 0.6 is 24.2 Å². The highest BCUT2D eigenvalue weighted by molar-refractivity contribution is 7.98. The zero-order valence-corrected chi connectivity index (χ0v) is 13.5. The van der Waals surface area contributed by atoms with Gasteiger partial charge in [-0.2, -0.15) is 11.8 Å². The van der Waals surface area contributed by atoms with E-state index in [0.29, 0.717) is 13.0 Å². The van der Waals surface area contributed by atoms with Gasteiger partial charge >= 0.3 is 0 Å². The van der Waals surface area contributed by atoms with Gasteiger partial charge in [-0.15, -0.1) is 12.4 Å². The van der Waals surface area contributed by atoms with Crippen molar-refractivity contribution < 1.29 is 4.79 Å². The lowest BCUT2D eigenvalue weighted by Crippen LogP contribution is -2.22. The Balaban J connectivity index is 0.00000200. The molecule has 3 nitrogen and oxygen atoms in total. The predicted octanol–water partition coefficient (Wildman–Crippen LogP) is 2.86. The molecule has 0 saturated heterocycles. The molecule has 1 aromatic carbocycles. The number of thioether (sulfide) groups is 1. The monoisotopic (exact) mass is 314 g/mol. The Morgan fingerprint density at radius 2 is 2.10 bits per heavy atom. The molecule has 1 amide bonds. The third-order valence-corrected chi connectivity index (χ3v) is 4.09. The topological polar surface area (TPSA) is 41.1 Å². The third-order valence-electron chi connectivity index (χ3n) is 3.39. The molecule has 0 bridgehead atoms. The van der Waals surface area contributed by atoms with Crippen molar-refractivity contribution in [1.29, 1.82) is 0 Å². The molecule has 1 aromatic rings. The van der Waals surface area contributed by atoms with Crippen LogP contribution in [0.25, 0.3) is 0 Å². The summed E-state index contributed by atoms with van der Waals surface area (Å²) in [5.74, 6) is 1.31. The van der Waals surface area contributed by atoms with Crippen molar-refractivity contribution >= 4 is 30.1 Å². The van der Waals surface area contributed by atoms with E-state index in [1.165, 1.54) is 16.7 Å². The normalized spacial score (nSPS) is 12.7. The Hall–Kier alpha value is -0.710. The molecule has 2 rings (SSSR count). The molecule has 1 aliphatic heterocycles. The second-order valence-corrected chi connectivity index (χ2v) is 5.92. The van der Waals surface area contributed by atoms with Crippen molar-refractivity contribution in [2.24, 2.45) is 0 Å². The number of halogens is 1. The van der Waals surface area contributed by atoms with Crippen LogP contribution in [0.1, 0.15) is 36.0 Å². The number of unbranched alkanes of at least 4 members (excludes halogenated alkanes) is 1. The van der Waals surface area contributed by atoms with Crippen LogP contribution in [-0.4, -0.2) is 17.9 Å². The fraction of sp³-hybridized carbons (Fsp3) is 0.533. The molecule has 5 heteroatoms. The highest BCUT2D eigenvalue weighted by Crippen LogP contribution is 2.16. The van der Waals surface area contributed by atoms with Gasteiger partial charge in [-0.05, 0) is 41.5 Å². The Morgan fingerprint density at radius 3 is 2.90 bits per heavy atom. The van der Waals surface area contributed by atoms with Crippen molar-refractivity contribution in [2.75, 3.05) is 12.0 Å². The van der Waals surface area contributed by atoms with Gasteiger partial charge < -0.3 is 10.6 Å². The summed E-state index contributed by atoms with van der Waals surface area (Å²) in [6.45, 7) is 2.57. The van der Waals surface area contributed by atoms with Gasteiger partial charge in [-0.1, -0.05) is 18.2 Å². The smallest absolute Gasteiger partial charge is 0.220 e. The van der Waals surface area contributed by atoms with Crippen LogP contribution in [0.3, 0.4) is 0 Å². The Labute approximate surface area is 131 Å². The van der Waals surface area contributed by atoms with E-state index in [-0.39, 0.29) is 18.3 Å². The predicted molar refractivity (Wildman–Crippen MR) is 88.3 cm³/mol. The molecular formula is C15H23ClN2OS.